The lowest BCUT2D eigenvalue weighted by Gasteiger charge is -2.24. The fourth-order valence-electron chi connectivity index (χ4n) is 1.80. The maximum absolute atomic E-state index is 11.7. The van der Waals surface area contributed by atoms with E-state index in [1.807, 2.05) is 20.8 Å². The zero-order valence-electron chi connectivity index (χ0n) is 13.9. The summed E-state index contributed by atoms with van der Waals surface area (Å²) in [6.45, 7) is 5.36. The van der Waals surface area contributed by atoms with E-state index in [-0.39, 0.29) is 6.54 Å². The first-order valence-corrected chi connectivity index (χ1v) is 7.60. The molecule has 6 N–H and O–H groups in total. The Labute approximate surface area is 137 Å². The number of aliphatic hydroxyl groups excluding tert-OH is 5. The van der Waals surface area contributed by atoms with Crippen LogP contribution in [0.5, 0.6) is 0 Å². The van der Waals surface area contributed by atoms with Crippen LogP contribution >= 0.6 is 0 Å². The van der Waals surface area contributed by atoms with E-state index < -0.39 is 36.9 Å². The van der Waals surface area contributed by atoms with Crippen molar-refractivity contribution in [1.29, 1.82) is 0 Å². The van der Waals surface area contributed by atoms with Crippen LogP contribution in [0, 0.1) is 0 Å². The number of aliphatic hydroxyl groups is 5. The number of allylic oxidation sites excluding steroid dienone is 3. The predicted octanol–water partition coefficient (Wildman–Crippen LogP) is -0.769. The van der Waals surface area contributed by atoms with E-state index in [2.05, 4.69) is 11.4 Å². The maximum Gasteiger partial charge on any atom is 0.251 e. The molecule has 0 fully saturated rings. The van der Waals surface area contributed by atoms with Crippen LogP contribution in [0.15, 0.2) is 23.3 Å². The van der Waals surface area contributed by atoms with Gasteiger partial charge in [-0.2, -0.15) is 0 Å². The summed E-state index contributed by atoms with van der Waals surface area (Å²) in [7, 11) is 0. The Hall–Kier alpha value is -1.25. The molecule has 0 aliphatic heterocycles. The molecule has 0 aromatic heterocycles. The van der Waals surface area contributed by atoms with Crippen LogP contribution in [0.4, 0.5) is 0 Å². The van der Waals surface area contributed by atoms with Crippen molar-refractivity contribution in [2.45, 2.75) is 58.0 Å². The summed E-state index contributed by atoms with van der Waals surface area (Å²) in [6, 6.07) is 0. The molecular formula is C16H29NO6. The minimum Gasteiger partial charge on any atom is -0.394 e. The average Bonchev–Trinajstić information content (AvgIpc) is 2.51. The molecule has 0 saturated heterocycles. The molecule has 0 aliphatic carbocycles. The molecule has 7 nitrogen and oxygen atoms in total. The highest BCUT2D eigenvalue weighted by molar-refractivity contribution is 5.81. The smallest absolute Gasteiger partial charge is 0.251 e. The van der Waals surface area contributed by atoms with Crippen molar-refractivity contribution in [3.63, 3.8) is 0 Å². The van der Waals surface area contributed by atoms with Gasteiger partial charge in [0.15, 0.2) is 6.10 Å². The lowest BCUT2D eigenvalue weighted by molar-refractivity contribution is -0.148. The standard InChI is InChI=1S/C16H29NO6/c1-10(2)5-4-6-11(3)7-8-17-16(23)15(22)14(21)13(20)12(19)9-18/h5,7,12-15,18-22H,4,6,8-9H2,1-3H3,(H,17,23)/t12-,13+,14-,15-/m1/s1. The van der Waals surface area contributed by atoms with Crippen molar-refractivity contribution in [3.8, 4) is 0 Å². The summed E-state index contributed by atoms with van der Waals surface area (Å²) in [5.74, 6) is -0.866. The molecule has 7 heteroatoms. The maximum atomic E-state index is 11.7. The molecular weight excluding hydrogens is 302 g/mol. The number of hydrogen-bond acceptors (Lipinski definition) is 6. The topological polar surface area (TPSA) is 130 Å². The molecule has 0 radical (unpaired) electrons. The molecule has 0 saturated carbocycles. The van der Waals surface area contributed by atoms with Gasteiger partial charge in [0.05, 0.1) is 6.61 Å². The number of rotatable bonds is 10. The second-order valence-electron chi connectivity index (χ2n) is 5.79. The molecule has 0 aromatic rings. The van der Waals surface area contributed by atoms with Gasteiger partial charge in [0, 0.05) is 6.54 Å². The number of nitrogens with one attached hydrogen (secondary N) is 1. The fraction of sp³-hybridized carbons (Fsp3) is 0.688. The van der Waals surface area contributed by atoms with Crippen molar-refractivity contribution < 1.29 is 30.3 Å². The highest BCUT2D eigenvalue weighted by Gasteiger charge is 2.33. The molecule has 134 valence electrons. The lowest BCUT2D eigenvalue weighted by atomic mass is 10.0. The highest BCUT2D eigenvalue weighted by atomic mass is 16.4. The van der Waals surface area contributed by atoms with E-state index in [4.69, 9.17) is 5.11 Å². The van der Waals surface area contributed by atoms with Crippen LogP contribution in [0.3, 0.4) is 0 Å². The van der Waals surface area contributed by atoms with Gasteiger partial charge in [-0.15, -0.1) is 0 Å². The normalized spacial score (nSPS) is 17.1. The third-order valence-electron chi connectivity index (χ3n) is 3.34. The van der Waals surface area contributed by atoms with Crippen LogP contribution in [0.1, 0.15) is 33.6 Å². The van der Waals surface area contributed by atoms with E-state index in [0.29, 0.717) is 0 Å². The first-order valence-electron chi connectivity index (χ1n) is 7.60. The van der Waals surface area contributed by atoms with Crippen LogP contribution in [-0.4, -0.2) is 69.0 Å². The zero-order valence-corrected chi connectivity index (χ0v) is 13.9. The molecule has 1 amide bonds. The molecule has 23 heavy (non-hydrogen) atoms. The largest absolute Gasteiger partial charge is 0.394 e. The lowest BCUT2D eigenvalue weighted by Crippen LogP contribution is -2.51. The van der Waals surface area contributed by atoms with Gasteiger partial charge in [-0.3, -0.25) is 4.79 Å². The molecule has 0 rings (SSSR count). The SMILES string of the molecule is CC(C)=CCCC(C)=CCNC(=O)[C@H](O)[C@H](O)[C@@H](O)[C@H](O)CO. The molecule has 4 atom stereocenters. The summed E-state index contributed by atoms with van der Waals surface area (Å²) >= 11 is 0. The molecule has 0 heterocycles. The second kappa shape index (κ2) is 11.3. The van der Waals surface area contributed by atoms with Gasteiger partial charge in [0.2, 0.25) is 0 Å². The molecule has 0 bridgehead atoms. The van der Waals surface area contributed by atoms with Crippen LogP contribution in [0.2, 0.25) is 0 Å². The fourth-order valence-corrected chi connectivity index (χ4v) is 1.80. The summed E-state index contributed by atoms with van der Waals surface area (Å²) in [4.78, 5) is 11.7. The predicted molar refractivity (Wildman–Crippen MR) is 86.5 cm³/mol. The Balaban J connectivity index is 4.30. The average molecular weight is 331 g/mol. The Morgan fingerprint density at radius 1 is 1.04 bits per heavy atom. The van der Waals surface area contributed by atoms with E-state index in [0.717, 1.165) is 18.4 Å². The molecule has 0 aliphatic rings. The summed E-state index contributed by atoms with van der Waals surface area (Å²) in [5.41, 5.74) is 2.32. The Kier molecular flexibility index (Phi) is 10.7. The van der Waals surface area contributed by atoms with Crippen LogP contribution in [0.25, 0.3) is 0 Å². The number of carbonyl (C=O) groups excluding carboxylic acids is 1. The van der Waals surface area contributed by atoms with E-state index in [1.165, 1.54) is 5.57 Å². The van der Waals surface area contributed by atoms with Crippen molar-refractivity contribution in [2.24, 2.45) is 0 Å². The molecule has 0 aromatic carbocycles. The van der Waals surface area contributed by atoms with Crippen molar-refractivity contribution >= 4 is 5.91 Å². The van der Waals surface area contributed by atoms with Gasteiger partial charge in [0.25, 0.3) is 5.91 Å². The van der Waals surface area contributed by atoms with Crippen LogP contribution < -0.4 is 5.32 Å². The zero-order chi connectivity index (χ0) is 18.0. The van der Waals surface area contributed by atoms with Gasteiger partial charge in [-0.1, -0.05) is 23.3 Å². The number of carbonyl (C=O) groups is 1. The summed E-state index contributed by atoms with van der Waals surface area (Å²) in [5, 5.41) is 48.9. The van der Waals surface area contributed by atoms with Gasteiger partial charge in [-0.25, -0.2) is 0 Å². The first kappa shape index (κ1) is 21.8. The number of hydrogen-bond donors (Lipinski definition) is 6. The van der Waals surface area contributed by atoms with Gasteiger partial charge in [0.1, 0.15) is 18.3 Å². The van der Waals surface area contributed by atoms with E-state index >= 15 is 0 Å². The molecule has 0 spiro atoms. The first-order chi connectivity index (χ1) is 10.7. The van der Waals surface area contributed by atoms with Crippen molar-refractivity contribution in [2.75, 3.05) is 13.2 Å². The Morgan fingerprint density at radius 2 is 1.65 bits per heavy atom. The Bertz CT molecular complexity index is 417. The van der Waals surface area contributed by atoms with Gasteiger partial charge in [-0.05, 0) is 33.6 Å². The van der Waals surface area contributed by atoms with Crippen molar-refractivity contribution in [1.82, 2.24) is 5.32 Å². The Morgan fingerprint density at radius 3 is 2.17 bits per heavy atom. The van der Waals surface area contributed by atoms with Gasteiger partial charge >= 0.3 is 0 Å². The highest BCUT2D eigenvalue weighted by Crippen LogP contribution is 2.07. The minimum atomic E-state index is -1.90. The number of amides is 1. The minimum absolute atomic E-state index is 0.182. The van der Waals surface area contributed by atoms with Gasteiger partial charge < -0.3 is 30.8 Å². The monoisotopic (exact) mass is 331 g/mol. The quantitative estimate of drug-likeness (QED) is 0.292. The third-order valence-corrected chi connectivity index (χ3v) is 3.34. The molecule has 0 unspecified atom stereocenters. The van der Waals surface area contributed by atoms with Crippen LogP contribution in [-0.2, 0) is 4.79 Å². The van der Waals surface area contributed by atoms with Crippen molar-refractivity contribution in [3.05, 3.63) is 23.3 Å². The van der Waals surface area contributed by atoms with E-state index in [1.54, 1.807) is 6.08 Å². The summed E-state index contributed by atoms with van der Waals surface area (Å²) < 4.78 is 0. The second-order valence-corrected chi connectivity index (χ2v) is 5.79. The van der Waals surface area contributed by atoms with E-state index in [9.17, 15) is 25.2 Å². The third kappa shape index (κ3) is 8.83. The summed E-state index contributed by atoms with van der Waals surface area (Å²) in [6.07, 6.45) is -1.56.